The largest absolute Gasteiger partial charge is 0.418 e. The Balaban J connectivity index is 3.83. The summed E-state index contributed by atoms with van der Waals surface area (Å²) in [5.41, 5.74) is 0.165. The van der Waals surface area contributed by atoms with Gasteiger partial charge >= 0.3 is 0 Å². The maximum atomic E-state index is 6.02. The van der Waals surface area contributed by atoms with Gasteiger partial charge in [-0.05, 0) is 25.8 Å². The van der Waals surface area contributed by atoms with Gasteiger partial charge in [-0.2, -0.15) is 0 Å². The van der Waals surface area contributed by atoms with E-state index in [4.69, 9.17) is 4.43 Å². The molecule has 0 aliphatic rings. The van der Waals surface area contributed by atoms with Crippen molar-refractivity contribution in [2.75, 3.05) is 0 Å². The summed E-state index contributed by atoms with van der Waals surface area (Å²) < 4.78 is 6.02. The van der Waals surface area contributed by atoms with E-state index < -0.39 is 0 Å². The van der Waals surface area contributed by atoms with Gasteiger partial charge in [-0.15, -0.1) is 6.58 Å². The fourth-order valence-corrected chi connectivity index (χ4v) is 2.78. The van der Waals surface area contributed by atoms with E-state index in [-0.39, 0.29) is 15.4 Å². The Morgan fingerprint density at radius 2 is 1.85 bits per heavy atom. The van der Waals surface area contributed by atoms with Crippen molar-refractivity contribution in [3.63, 3.8) is 0 Å². The molecule has 0 bridgehead atoms. The summed E-state index contributed by atoms with van der Waals surface area (Å²) in [5, 5.41) is 0. The Morgan fingerprint density at radius 3 is 2.23 bits per heavy atom. The van der Waals surface area contributed by atoms with Crippen molar-refractivity contribution in [3.05, 3.63) is 12.7 Å². The van der Waals surface area contributed by atoms with Crippen LogP contribution in [0.4, 0.5) is 0 Å². The summed E-state index contributed by atoms with van der Waals surface area (Å²) >= 11 is 0. The molecule has 0 N–H and O–H groups in total. The van der Waals surface area contributed by atoms with Crippen molar-refractivity contribution in [2.45, 2.75) is 58.1 Å². The molecule has 0 heterocycles. The highest BCUT2D eigenvalue weighted by Crippen LogP contribution is 2.23. The van der Waals surface area contributed by atoms with Crippen LogP contribution in [0.25, 0.3) is 0 Å². The molecule has 0 fully saturated rings. The number of hydrogen-bond donors (Lipinski definition) is 0. The molecular formula is C11H24OSi. The van der Waals surface area contributed by atoms with Crippen LogP contribution >= 0.6 is 0 Å². The fraction of sp³-hybridized carbons (Fsp3) is 0.818. The van der Waals surface area contributed by atoms with Gasteiger partial charge in [0.05, 0.1) is 5.60 Å². The van der Waals surface area contributed by atoms with E-state index in [0.717, 1.165) is 6.04 Å². The monoisotopic (exact) mass is 200 g/mol. The molecule has 0 rings (SSSR count). The SMILES string of the molecule is C=CC[SiH2]OC(C)(CCC)CCC. The summed E-state index contributed by atoms with van der Waals surface area (Å²) in [6.45, 7) is 10.4. The predicted octanol–water partition coefficient (Wildman–Crippen LogP) is 3.05. The van der Waals surface area contributed by atoms with Gasteiger partial charge in [-0.1, -0.05) is 32.8 Å². The van der Waals surface area contributed by atoms with Crippen LogP contribution in [0.1, 0.15) is 46.5 Å². The van der Waals surface area contributed by atoms with Gasteiger partial charge in [0.2, 0.25) is 0 Å². The van der Waals surface area contributed by atoms with Gasteiger partial charge in [0.1, 0.15) is 0 Å². The minimum absolute atomic E-state index is 0.165. The van der Waals surface area contributed by atoms with Crippen molar-refractivity contribution in [2.24, 2.45) is 0 Å². The zero-order valence-corrected chi connectivity index (χ0v) is 10.8. The molecule has 0 unspecified atom stereocenters. The van der Waals surface area contributed by atoms with Crippen molar-refractivity contribution >= 4 is 9.76 Å². The normalized spacial score (nSPS) is 12.5. The molecule has 0 aliphatic carbocycles. The highest BCUT2D eigenvalue weighted by atomic mass is 28.2. The van der Waals surface area contributed by atoms with Crippen molar-refractivity contribution in [1.82, 2.24) is 0 Å². The third-order valence-electron chi connectivity index (χ3n) is 2.33. The van der Waals surface area contributed by atoms with E-state index in [9.17, 15) is 0 Å². The van der Waals surface area contributed by atoms with E-state index in [1.165, 1.54) is 25.7 Å². The Labute approximate surface area is 85.5 Å². The van der Waals surface area contributed by atoms with E-state index >= 15 is 0 Å². The van der Waals surface area contributed by atoms with Gasteiger partial charge in [-0.3, -0.25) is 0 Å². The van der Waals surface area contributed by atoms with Crippen molar-refractivity contribution in [1.29, 1.82) is 0 Å². The molecule has 78 valence electrons. The van der Waals surface area contributed by atoms with Gasteiger partial charge in [0.15, 0.2) is 9.76 Å². The first-order chi connectivity index (χ1) is 6.18. The topological polar surface area (TPSA) is 9.23 Å². The summed E-state index contributed by atoms with van der Waals surface area (Å²) in [6, 6.07) is 1.10. The van der Waals surface area contributed by atoms with Crippen molar-refractivity contribution in [3.8, 4) is 0 Å². The molecule has 0 saturated heterocycles. The zero-order valence-electron chi connectivity index (χ0n) is 9.44. The molecule has 0 aromatic heterocycles. The third kappa shape index (κ3) is 6.05. The van der Waals surface area contributed by atoms with Gasteiger partial charge in [0, 0.05) is 0 Å². The van der Waals surface area contributed by atoms with Gasteiger partial charge in [-0.25, -0.2) is 0 Å². The predicted molar refractivity (Wildman–Crippen MR) is 62.9 cm³/mol. The fourth-order valence-electron chi connectivity index (χ4n) is 1.72. The lowest BCUT2D eigenvalue weighted by Gasteiger charge is -2.30. The van der Waals surface area contributed by atoms with Crippen LogP contribution in [0, 0.1) is 0 Å². The van der Waals surface area contributed by atoms with Gasteiger partial charge < -0.3 is 4.43 Å². The second-order valence-corrected chi connectivity index (χ2v) is 5.15. The lowest BCUT2D eigenvalue weighted by Crippen LogP contribution is -2.29. The van der Waals surface area contributed by atoms with Crippen LogP contribution < -0.4 is 0 Å². The Morgan fingerprint density at radius 1 is 1.31 bits per heavy atom. The first-order valence-electron chi connectivity index (χ1n) is 5.43. The quantitative estimate of drug-likeness (QED) is 0.332. The average Bonchev–Trinajstić information content (AvgIpc) is 2.05. The summed E-state index contributed by atoms with van der Waals surface area (Å²) in [4.78, 5) is 0. The van der Waals surface area contributed by atoms with Crippen LogP contribution in [0.3, 0.4) is 0 Å². The van der Waals surface area contributed by atoms with E-state index in [1.54, 1.807) is 0 Å². The number of allylic oxidation sites excluding steroid dienone is 1. The molecule has 0 spiro atoms. The van der Waals surface area contributed by atoms with E-state index in [0.29, 0.717) is 0 Å². The minimum Gasteiger partial charge on any atom is -0.418 e. The minimum atomic E-state index is -0.352. The van der Waals surface area contributed by atoms with Crippen LogP contribution in [-0.2, 0) is 4.43 Å². The summed E-state index contributed by atoms with van der Waals surface area (Å²) in [6.07, 6.45) is 6.82. The molecule has 13 heavy (non-hydrogen) atoms. The Kier molecular flexibility index (Phi) is 7.29. The number of hydrogen-bond acceptors (Lipinski definition) is 1. The molecule has 0 radical (unpaired) electrons. The van der Waals surface area contributed by atoms with Crippen molar-refractivity contribution < 1.29 is 4.43 Å². The van der Waals surface area contributed by atoms with Crippen LogP contribution in [0.15, 0.2) is 12.7 Å². The van der Waals surface area contributed by atoms with Crippen LogP contribution in [-0.4, -0.2) is 15.4 Å². The highest BCUT2D eigenvalue weighted by molar-refractivity contribution is 6.28. The van der Waals surface area contributed by atoms with E-state index in [1.807, 2.05) is 6.08 Å². The standard InChI is InChI=1S/C11H24OSi/c1-5-8-11(4,9-6-2)12-13-10-7-3/h7H,3,5-6,8-10,13H2,1-2,4H3. The molecule has 2 heteroatoms. The second kappa shape index (κ2) is 7.33. The molecule has 0 amide bonds. The lowest BCUT2D eigenvalue weighted by atomic mass is 9.95. The average molecular weight is 200 g/mol. The Bertz CT molecular complexity index is 128. The lowest BCUT2D eigenvalue weighted by molar-refractivity contribution is 0.0730. The second-order valence-electron chi connectivity index (χ2n) is 3.88. The molecule has 0 aliphatic heterocycles. The first kappa shape index (κ1) is 12.9. The van der Waals surface area contributed by atoms with Gasteiger partial charge in [0.25, 0.3) is 0 Å². The molecule has 0 aromatic rings. The maximum absolute atomic E-state index is 6.02. The molecule has 1 nitrogen and oxygen atoms in total. The molecule has 0 atom stereocenters. The first-order valence-corrected chi connectivity index (χ1v) is 7.01. The third-order valence-corrected chi connectivity index (χ3v) is 3.88. The number of rotatable bonds is 8. The molecule has 0 saturated carbocycles. The van der Waals surface area contributed by atoms with E-state index in [2.05, 4.69) is 27.4 Å². The Hall–Kier alpha value is -0.0831. The van der Waals surface area contributed by atoms with Crippen LogP contribution in [0.5, 0.6) is 0 Å². The van der Waals surface area contributed by atoms with Crippen LogP contribution in [0.2, 0.25) is 6.04 Å². The summed E-state index contributed by atoms with van der Waals surface area (Å²) in [5.74, 6) is 0. The zero-order chi connectivity index (χ0) is 10.2. The maximum Gasteiger partial charge on any atom is 0.166 e. The smallest absolute Gasteiger partial charge is 0.166 e. The summed E-state index contributed by atoms with van der Waals surface area (Å²) in [7, 11) is -0.352. The highest BCUT2D eigenvalue weighted by Gasteiger charge is 2.21. The molecular weight excluding hydrogens is 176 g/mol. The molecule has 0 aromatic carbocycles.